The number of carbonyl (C=O) groups excluding carboxylic acids is 2. The molecule has 1 atom stereocenters. The molecule has 1 aromatic heterocycles. The highest BCUT2D eigenvalue weighted by Gasteiger charge is 2.31. The number of ether oxygens (including phenoxy) is 1. The molecule has 8 heteroatoms. The van der Waals surface area contributed by atoms with E-state index in [1.807, 2.05) is 4.90 Å². The van der Waals surface area contributed by atoms with Gasteiger partial charge >= 0.3 is 0 Å². The monoisotopic (exact) mass is 445 g/mol. The third kappa shape index (κ3) is 5.03. The van der Waals surface area contributed by atoms with Crippen LogP contribution in [0.2, 0.25) is 5.02 Å². The van der Waals surface area contributed by atoms with Crippen molar-refractivity contribution in [3.05, 3.63) is 40.7 Å². The summed E-state index contributed by atoms with van der Waals surface area (Å²) in [6, 6.07) is 6.69. The van der Waals surface area contributed by atoms with Crippen LogP contribution in [-0.2, 0) is 4.79 Å². The highest BCUT2D eigenvalue weighted by Crippen LogP contribution is 2.31. The van der Waals surface area contributed by atoms with Crippen LogP contribution in [0.4, 0.5) is 5.69 Å². The first kappa shape index (κ1) is 21.7. The molecule has 2 aromatic rings. The molecular formula is C23H28ClN3O4. The average molecular weight is 446 g/mol. The number of piperidine rings is 1. The molecule has 0 spiro atoms. The largest absolute Gasteiger partial charge is 0.495 e. The summed E-state index contributed by atoms with van der Waals surface area (Å²) in [6.07, 6.45) is 7.40. The van der Waals surface area contributed by atoms with E-state index in [9.17, 15) is 9.59 Å². The zero-order valence-electron chi connectivity index (χ0n) is 17.7. The minimum absolute atomic E-state index is 0.0852. The minimum Gasteiger partial charge on any atom is -0.495 e. The molecule has 0 radical (unpaired) electrons. The van der Waals surface area contributed by atoms with Crippen molar-refractivity contribution < 1.29 is 18.8 Å². The summed E-state index contributed by atoms with van der Waals surface area (Å²) in [5, 5.41) is 7.30. The zero-order chi connectivity index (χ0) is 21.8. The van der Waals surface area contributed by atoms with Gasteiger partial charge in [0.25, 0.3) is 5.91 Å². The molecule has 1 saturated carbocycles. The highest BCUT2D eigenvalue weighted by atomic mass is 35.5. The van der Waals surface area contributed by atoms with Gasteiger partial charge in [-0.3, -0.25) is 9.59 Å². The normalized spacial score (nSPS) is 19.8. The van der Waals surface area contributed by atoms with Crippen LogP contribution in [0.25, 0.3) is 0 Å². The Labute approximate surface area is 187 Å². The van der Waals surface area contributed by atoms with Gasteiger partial charge in [0.2, 0.25) is 11.7 Å². The first-order chi connectivity index (χ1) is 15.0. The smallest absolute Gasteiger partial charge is 0.294 e. The SMILES string of the molecule is COc1ccc(NC(=O)c2cc([C@H]3CCCN(C(=O)C4CCCCC4)C3)no2)cc1Cl. The number of nitrogens with zero attached hydrogens (tertiary/aromatic N) is 2. The van der Waals surface area contributed by atoms with Crippen LogP contribution in [0.3, 0.4) is 0 Å². The minimum atomic E-state index is -0.397. The fraction of sp³-hybridized carbons (Fsp3) is 0.522. The third-order valence-electron chi connectivity index (χ3n) is 6.27. The predicted molar refractivity (Wildman–Crippen MR) is 118 cm³/mol. The lowest BCUT2D eigenvalue weighted by Gasteiger charge is -2.35. The second-order valence-electron chi connectivity index (χ2n) is 8.38. The van der Waals surface area contributed by atoms with Gasteiger partial charge < -0.3 is 19.5 Å². The van der Waals surface area contributed by atoms with Crippen molar-refractivity contribution in [2.24, 2.45) is 5.92 Å². The van der Waals surface area contributed by atoms with E-state index >= 15 is 0 Å². The molecule has 1 aromatic carbocycles. The molecule has 1 N–H and O–H groups in total. The van der Waals surface area contributed by atoms with E-state index in [1.54, 1.807) is 24.3 Å². The fourth-order valence-corrected chi connectivity index (χ4v) is 4.81. The molecule has 31 heavy (non-hydrogen) atoms. The quantitative estimate of drug-likeness (QED) is 0.709. The Bertz CT molecular complexity index is 939. The lowest BCUT2D eigenvalue weighted by atomic mass is 9.87. The number of benzene rings is 1. The number of hydrogen-bond donors (Lipinski definition) is 1. The van der Waals surface area contributed by atoms with Crippen LogP contribution in [0.5, 0.6) is 5.75 Å². The second kappa shape index (κ2) is 9.73. The van der Waals surface area contributed by atoms with Crippen molar-refractivity contribution in [2.45, 2.75) is 50.9 Å². The maximum absolute atomic E-state index is 12.9. The van der Waals surface area contributed by atoms with Crippen LogP contribution in [0.1, 0.15) is 67.1 Å². The summed E-state index contributed by atoms with van der Waals surface area (Å²) in [5.74, 6) is 0.807. The summed E-state index contributed by atoms with van der Waals surface area (Å²) in [7, 11) is 1.53. The Morgan fingerprint density at radius 1 is 1.16 bits per heavy atom. The lowest BCUT2D eigenvalue weighted by Crippen LogP contribution is -2.42. The van der Waals surface area contributed by atoms with Gasteiger partial charge in [0.05, 0.1) is 17.8 Å². The first-order valence-corrected chi connectivity index (χ1v) is 11.3. The van der Waals surface area contributed by atoms with Crippen molar-refractivity contribution >= 4 is 29.1 Å². The van der Waals surface area contributed by atoms with Crippen LogP contribution in [0, 0.1) is 5.92 Å². The lowest BCUT2D eigenvalue weighted by molar-refractivity contribution is -0.137. The van der Waals surface area contributed by atoms with Crippen molar-refractivity contribution in [3.8, 4) is 5.75 Å². The molecule has 166 valence electrons. The molecule has 7 nitrogen and oxygen atoms in total. The van der Waals surface area contributed by atoms with Crippen LogP contribution >= 0.6 is 11.6 Å². The van der Waals surface area contributed by atoms with Gasteiger partial charge in [0.15, 0.2) is 0 Å². The van der Waals surface area contributed by atoms with Crippen molar-refractivity contribution in [2.75, 3.05) is 25.5 Å². The average Bonchev–Trinajstić information content (AvgIpc) is 3.30. The van der Waals surface area contributed by atoms with Crippen molar-refractivity contribution in [3.63, 3.8) is 0 Å². The molecule has 2 heterocycles. The standard InChI is InChI=1S/C23H28ClN3O4/c1-30-20-10-9-17(12-18(20)24)25-22(28)21-13-19(26-31-21)16-8-5-11-27(14-16)23(29)15-6-3-2-4-7-15/h9-10,12-13,15-16H,2-8,11,14H2,1H3,(H,25,28)/t16-/m0/s1. The van der Waals surface area contributed by atoms with Gasteiger partial charge in [-0.15, -0.1) is 0 Å². The molecule has 1 aliphatic carbocycles. The Morgan fingerprint density at radius 3 is 2.71 bits per heavy atom. The third-order valence-corrected chi connectivity index (χ3v) is 6.56. The topological polar surface area (TPSA) is 84.7 Å². The van der Waals surface area contributed by atoms with E-state index in [0.717, 1.165) is 50.8 Å². The number of methoxy groups -OCH3 is 1. The van der Waals surface area contributed by atoms with Gasteiger partial charge in [-0.05, 0) is 43.9 Å². The number of anilines is 1. The van der Waals surface area contributed by atoms with E-state index in [1.165, 1.54) is 13.5 Å². The fourth-order valence-electron chi connectivity index (χ4n) is 4.55. The van der Waals surface area contributed by atoms with Crippen LogP contribution in [-0.4, -0.2) is 42.1 Å². The number of likely N-dealkylation sites (tertiary alicyclic amines) is 1. The second-order valence-corrected chi connectivity index (χ2v) is 8.79. The van der Waals surface area contributed by atoms with Crippen LogP contribution in [0.15, 0.2) is 28.8 Å². The Balaban J connectivity index is 1.38. The van der Waals surface area contributed by atoms with E-state index in [-0.39, 0.29) is 23.5 Å². The number of aromatic nitrogens is 1. The number of halogens is 1. The zero-order valence-corrected chi connectivity index (χ0v) is 18.5. The van der Waals surface area contributed by atoms with Gasteiger partial charge in [-0.1, -0.05) is 36.0 Å². The summed E-state index contributed by atoms with van der Waals surface area (Å²) in [6.45, 7) is 1.44. The molecule has 0 bridgehead atoms. The Morgan fingerprint density at radius 2 is 1.97 bits per heavy atom. The molecule has 2 fully saturated rings. The molecule has 0 unspecified atom stereocenters. The van der Waals surface area contributed by atoms with E-state index in [4.69, 9.17) is 20.9 Å². The molecular weight excluding hydrogens is 418 g/mol. The van der Waals surface area contributed by atoms with E-state index < -0.39 is 5.91 Å². The Kier molecular flexibility index (Phi) is 6.80. The molecule has 2 amide bonds. The predicted octanol–water partition coefficient (Wildman–Crippen LogP) is 4.88. The maximum atomic E-state index is 12.9. The van der Waals surface area contributed by atoms with Gasteiger partial charge in [-0.2, -0.15) is 0 Å². The van der Waals surface area contributed by atoms with Crippen molar-refractivity contribution in [1.82, 2.24) is 10.1 Å². The number of hydrogen-bond acceptors (Lipinski definition) is 5. The number of amides is 2. The highest BCUT2D eigenvalue weighted by molar-refractivity contribution is 6.32. The summed E-state index contributed by atoms with van der Waals surface area (Å²) >= 11 is 6.12. The summed E-state index contributed by atoms with van der Waals surface area (Å²) in [5.41, 5.74) is 1.26. The maximum Gasteiger partial charge on any atom is 0.294 e. The number of carbonyl (C=O) groups is 2. The number of nitrogens with one attached hydrogen (secondary N) is 1. The first-order valence-electron chi connectivity index (χ1n) is 11.0. The van der Waals surface area contributed by atoms with E-state index in [2.05, 4.69) is 10.5 Å². The summed E-state index contributed by atoms with van der Waals surface area (Å²) < 4.78 is 10.4. The van der Waals surface area contributed by atoms with Gasteiger partial charge in [0, 0.05) is 36.7 Å². The van der Waals surface area contributed by atoms with E-state index in [0.29, 0.717) is 23.0 Å². The van der Waals surface area contributed by atoms with Gasteiger partial charge in [0.1, 0.15) is 5.75 Å². The Hall–Kier alpha value is -2.54. The van der Waals surface area contributed by atoms with Crippen LogP contribution < -0.4 is 10.1 Å². The summed E-state index contributed by atoms with van der Waals surface area (Å²) in [4.78, 5) is 27.5. The molecule has 1 saturated heterocycles. The molecule has 1 aliphatic heterocycles. The van der Waals surface area contributed by atoms with Gasteiger partial charge in [-0.25, -0.2) is 0 Å². The molecule has 2 aliphatic rings. The van der Waals surface area contributed by atoms with Crippen molar-refractivity contribution in [1.29, 1.82) is 0 Å². The number of rotatable bonds is 5. The molecule has 4 rings (SSSR count).